The number of hydrogen-bond donors (Lipinski definition) is 2. The normalized spacial score (nSPS) is 14.8. The summed E-state index contributed by atoms with van der Waals surface area (Å²) in [5.41, 5.74) is 5.05. The number of rotatable bonds is 10. The Morgan fingerprint density at radius 1 is 1.08 bits per heavy atom. The Bertz CT molecular complexity index is 1260. The van der Waals surface area contributed by atoms with E-state index in [-0.39, 0.29) is 5.91 Å². The summed E-state index contributed by atoms with van der Waals surface area (Å²) in [6, 6.07) is 11.3. The SMILES string of the molecule is CCCCCCOc1ccc(C2C(C(=O)Nc3ccc(C)cc3C)=C(C)Nc3ncnn32)cc1OC. The molecule has 36 heavy (non-hydrogen) atoms. The van der Waals surface area contributed by atoms with Gasteiger partial charge in [0.05, 0.1) is 19.3 Å². The van der Waals surface area contributed by atoms with Crippen molar-refractivity contribution in [3.05, 3.63) is 70.7 Å². The number of benzene rings is 2. The topological polar surface area (TPSA) is 90.3 Å². The highest BCUT2D eigenvalue weighted by Crippen LogP contribution is 2.39. The predicted octanol–water partition coefficient (Wildman–Crippen LogP) is 5.79. The lowest BCUT2D eigenvalue weighted by Crippen LogP contribution is -2.31. The van der Waals surface area contributed by atoms with Gasteiger partial charge in [-0.2, -0.15) is 10.1 Å². The first kappa shape index (κ1) is 25.3. The minimum absolute atomic E-state index is 0.201. The van der Waals surface area contributed by atoms with Crippen molar-refractivity contribution in [1.82, 2.24) is 14.8 Å². The number of unbranched alkanes of at least 4 members (excludes halogenated alkanes) is 3. The molecule has 8 nitrogen and oxygen atoms in total. The molecule has 0 saturated heterocycles. The van der Waals surface area contributed by atoms with Crippen LogP contribution in [-0.4, -0.2) is 34.4 Å². The lowest BCUT2D eigenvalue weighted by molar-refractivity contribution is -0.113. The van der Waals surface area contributed by atoms with Crippen molar-refractivity contribution in [1.29, 1.82) is 0 Å². The van der Waals surface area contributed by atoms with Crippen LogP contribution in [0.3, 0.4) is 0 Å². The summed E-state index contributed by atoms with van der Waals surface area (Å²) in [5, 5.41) is 10.7. The molecule has 2 aromatic carbocycles. The van der Waals surface area contributed by atoms with Gasteiger partial charge in [-0.3, -0.25) is 4.79 Å². The van der Waals surface area contributed by atoms with E-state index in [2.05, 4.69) is 33.7 Å². The molecule has 1 aliphatic rings. The molecule has 3 aromatic rings. The summed E-state index contributed by atoms with van der Waals surface area (Å²) in [7, 11) is 1.63. The molecule has 4 rings (SSSR count). The Balaban J connectivity index is 1.65. The molecule has 0 radical (unpaired) electrons. The minimum atomic E-state index is -0.484. The molecule has 0 bridgehead atoms. The Kier molecular flexibility index (Phi) is 7.93. The summed E-state index contributed by atoms with van der Waals surface area (Å²) in [4.78, 5) is 18.0. The smallest absolute Gasteiger partial charge is 0.255 e. The first-order chi connectivity index (χ1) is 17.4. The van der Waals surface area contributed by atoms with Crippen LogP contribution in [0.1, 0.15) is 62.3 Å². The number of carbonyl (C=O) groups excluding carboxylic acids is 1. The van der Waals surface area contributed by atoms with Gasteiger partial charge >= 0.3 is 0 Å². The number of carbonyl (C=O) groups is 1. The fourth-order valence-electron chi connectivity index (χ4n) is 4.52. The summed E-state index contributed by atoms with van der Waals surface area (Å²) < 4.78 is 13.4. The molecule has 190 valence electrons. The Morgan fingerprint density at radius 2 is 1.92 bits per heavy atom. The molecule has 8 heteroatoms. The molecule has 2 N–H and O–H groups in total. The van der Waals surface area contributed by atoms with Gasteiger partial charge in [0.15, 0.2) is 11.5 Å². The third-order valence-electron chi connectivity index (χ3n) is 6.43. The van der Waals surface area contributed by atoms with Crippen molar-refractivity contribution in [3.8, 4) is 11.5 Å². The van der Waals surface area contributed by atoms with Gasteiger partial charge < -0.3 is 20.1 Å². The first-order valence-electron chi connectivity index (χ1n) is 12.5. The van der Waals surface area contributed by atoms with Gasteiger partial charge in [0.2, 0.25) is 5.95 Å². The van der Waals surface area contributed by atoms with Gasteiger partial charge in [-0.05, 0) is 56.5 Å². The number of amides is 1. The zero-order valence-corrected chi connectivity index (χ0v) is 21.7. The third kappa shape index (κ3) is 5.37. The van der Waals surface area contributed by atoms with Crippen LogP contribution in [0, 0.1) is 13.8 Å². The third-order valence-corrected chi connectivity index (χ3v) is 6.43. The zero-order valence-electron chi connectivity index (χ0n) is 21.7. The number of fused-ring (bicyclic) bond motifs is 1. The maximum atomic E-state index is 13.7. The van der Waals surface area contributed by atoms with Crippen LogP contribution in [0.2, 0.25) is 0 Å². The molecule has 1 atom stereocenters. The monoisotopic (exact) mass is 489 g/mol. The quantitative estimate of drug-likeness (QED) is 0.350. The summed E-state index contributed by atoms with van der Waals surface area (Å²) in [5.74, 6) is 1.69. The fraction of sp³-hybridized carbons (Fsp3) is 0.393. The van der Waals surface area contributed by atoms with Crippen molar-refractivity contribution < 1.29 is 14.3 Å². The molecule has 1 aromatic heterocycles. The number of aromatic nitrogens is 3. The number of allylic oxidation sites excluding steroid dienone is 1. The highest BCUT2D eigenvalue weighted by atomic mass is 16.5. The maximum absolute atomic E-state index is 13.7. The molecule has 0 saturated carbocycles. The van der Waals surface area contributed by atoms with E-state index < -0.39 is 6.04 Å². The van der Waals surface area contributed by atoms with Crippen molar-refractivity contribution in [2.45, 2.75) is 59.4 Å². The molecule has 0 spiro atoms. The first-order valence-corrected chi connectivity index (χ1v) is 12.5. The summed E-state index contributed by atoms with van der Waals surface area (Å²) in [6.07, 6.45) is 6.02. The van der Waals surface area contributed by atoms with Gasteiger partial charge in [-0.15, -0.1) is 0 Å². The maximum Gasteiger partial charge on any atom is 0.255 e. The van der Waals surface area contributed by atoms with E-state index in [4.69, 9.17) is 9.47 Å². The van der Waals surface area contributed by atoms with Crippen LogP contribution < -0.4 is 20.1 Å². The lowest BCUT2D eigenvalue weighted by Gasteiger charge is -2.29. The van der Waals surface area contributed by atoms with E-state index in [1.54, 1.807) is 11.8 Å². The van der Waals surface area contributed by atoms with E-state index in [0.29, 0.717) is 29.6 Å². The Labute approximate surface area is 212 Å². The second kappa shape index (κ2) is 11.3. The van der Waals surface area contributed by atoms with Gasteiger partial charge in [0.25, 0.3) is 5.91 Å². The van der Waals surface area contributed by atoms with E-state index in [1.807, 2.05) is 51.1 Å². The van der Waals surface area contributed by atoms with Crippen LogP contribution in [0.15, 0.2) is 54.0 Å². The van der Waals surface area contributed by atoms with Crippen molar-refractivity contribution in [2.75, 3.05) is 24.4 Å². The summed E-state index contributed by atoms with van der Waals surface area (Å²) in [6.45, 7) is 8.73. The standard InChI is InChI=1S/C28H35N5O3/c1-6-7-8-9-14-36-23-13-11-21(16-24(23)35-5)26-25(20(4)31-28-29-17-30-33(26)28)27(34)32-22-12-10-18(2)15-19(22)3/h10-13,15-17,26H,6-9,14H2,1-5H3,(H,32,34)(H,29,30,31). The number of nitrogens with one attached hydrogen (secondary N) is 2. The van der Waals surface area contributed by atoms with Crippen LogP contribution in [0.4, 0.5) is 11.6 Å². The largest absolute Gasteiger partial charge is 0.493 e. The van der Waals surface area contributed by atoms with Gasteiger partial charge in [0, 0.05) is 11.4 Å². The molecular weight excluding hydrogens is 454 g/mol. The number of hydrogen-bond acceptors (Lipinski definition) is 6. The lowest BCUT2D eigenvalue weighted by atomic mass is 9.94. The molecule has 1 amide bonds. The summed E-state index contributed by atoms with van der Waals surface area (Å²) >= 11 is 0. The molecule has 1 aliphatic heterocycles. The molecule has 0 aliphatic carbocycles. The van der Waals surface area contributed by atoms with E-state index in [1.165, 1.54) is 19.2 Å². The number of nitrogens with zero attached hydrogens (tertiary/aromatic N) is 3. The van der Waals surface area contributed by atoms with Crippen LogP contribution in [0.25, 0.3) is 0 Å². The number of aryl methyl sites for hydroxylation is 2. The molecule has 2 heterocycles. The number of methoxy groups -OCH3 is 1. The van der Waals surface area contributed by atoms with E-state index in [0.717, 1.165) is 40.9 Å². The van der Waals surface area contributed by atoms with Crippen molar-refractivity contribution in [3.63, 3.8) is 0 Å². The molecule has 0 fully saturated rings. The molecule has 1 unspecified atom stereocenters. The second-order valence-corrected chi connectivity index (χ2v) is 9.19. The highest BCUT2D eigenvalue weighted by Gasteiger charge is 2.34. The van der Waals surface area contributed by atoms with Crippen molar-refractivity contribution >= 4 is 17.5 Å². The van der Waals surface area contributed by atoms with Crippen molar-refractivity contribution in [2.24, 2.45) is 0 Å². The average Bonchev–Trinajstić information content (AvgIpc) is 3.32. The van der Waals surface area contributed by atoms with Crippen LogP contribution in [0.5, 0.6) is 11.5 Å². The predicted molar refractivity (Wildman–Crippen MR) is 142 cm³/mol. The van der Waals surface area contributed by atoms with Gasteiger partial charge in [-0.1, -0.05) is 49.9 Å². The fourth-order valence-corrected chi connectivity index (χ4v) is 4.52. The number of ether oxygens (including phenoxy) is 2. The zero-order chi connectivity index (χ0) is 25.7. The van der Waals surface area contributed by atoms with E-state index >= 15 is 0 Å². The Hall–Kier alpha value is -3.81. The minimum Gasteiger partial charge on any atom is -0.493 e. The van der Waals surface area contributed by atoms with Crippen LogP contribution in [-0.2, 0) is 4.79 Å². The Morgan fingerprint density at radius 3 is 2.67 bits per heavy atom. The van der Waals surface area contributed by atoms with Gasteiger partial charge in [0.1, 0.15) is 12.4 Å². The highest BCUT2D eigenvalue weighted by molar-refractivity contribution is 6.06. The average molecular weight is 490 g/mol. The van der Waals surface area contributed by atoms with Gasteiger partial charge in [-0.25, -0.2) is 4.68 Å². The van der Waals surface area contributed by atoms with E-state index in [9.17, 15) is 4.79 Å². The second-order valence-electron chi connectivity index (χ2n) is 9.19. The molecular formula is C28H35N5O3. The number of anilines is 2. The van der Waals surface area contributed by atoms with Crippen LogP contribution >= 0.6 is 0 Å².